The molecule has 0 radical (unpaired) electrons. The average Bonchev–Trinajstić information content (AvgIpc) is 2.79. The highest BCUT2D eigenvalue weighted by atomic mass is 35.5. The Balaban J connectivity index is 1.83. The molecule has 1 fully saturated rings. The number of anilines is 3. The molecule has 0 unspecified atom stereocenters. The molecule has 1 aromatic carbocycles. The standard InChI is InChI=1S/C20H27ClN6O4/c1-30-12-10-26(11-13-31-2)20-18(27(28)29)19(22-15-23-20)25-8-6-24(7-9-25)17-5-3-4-16(21)14-17/h3-5,14-15H,6-13H2,1-2H3. The molecule has 3 rings (SSSR count). The van der Waals surface area contributed by atoms with E-state index in [-0.39, 0.29) is 11.5 Å². The van der Waals surface area contributed by atoms with Crippen LogP contribution in [0, 0.1) is 10.1 Å². The van der Waals surface area contributed by atoms with E-state index in [1.165, 1.54) is 6.33 Å². The number of hydrogen-bond acceptors (Lipinski definition) is 9. The summed E-state index contributed by atoms with van der Waals surface area (Å²) in [6.45, 7) is 4.35. The average molecular weight is 451 g/mol. The minimum atomic E-state index is -0.402. The van der Waals surface area contributed by atoms with Crippen LogP contribution in [0.4, 0.5) is 23.0 Å². The molecular formula is C20H27ClN6O4. The first kappa shape index (κ1) is 23.0. The summed E-state index contributed by atoms with van der Waals surface area (Å²) in [5.74, 6) is 0.613. The van der Waals surface area contributed by atoms with Gasteiger partial charge in [0.2, 0.25) is 11.6 Å². The first-order valence-corrected chi connectivity index (χ1v) is 10.4. The summed E-state index contributed by atoms with van der Waals surface area (Å²) >= 11 is 6.11. The SMILES string of the molecule is COCCN(CCOC)c1ncnc(N2CCN(c3cccc(Cl)c3)CC2)c1[N+](=O)[O-]. The normalized spacial score (nSPS) is 14.0. The summed E-state index contributed by atoms with van der Waals surface area (Å²) in [6.07, 6.45) is 1.38. The third-order valence-electron chi connectivity index (χ3n) is 5.15. The van der Waals surface area contributed by atoms with E-state index in [4.69, 9.17) is 21.1 Å². The Kier molecular flexibility index (Phi) is 8.21. The van der Waals surface area contributed by atoms with Crippen molar-refractivity contribution >= 4 is 34.6 Å². The highest BCUT2D eigenvalue weighted by Crippen LogP contribution is 2.35. The van der Waals surface area contributed by atoms with Crippen molar-refractivity contribution in [3.8, 4) is 0 Å². The van der Waals surface area contributed by atoms with Crippen molar-refractivity contribution in [3.05, 3.63) is 45.7 Å². The van der Waals surface area contributed by atoms with E-state index in [0.717, 1.165) is 5.69 Å². The van der Waals surface area contributed by atoms with E-state index < -0.39 is 4.92 Å². The second-order valence-electron chi connectivity index (χ2n) is 7.05. The van der Waals surface area contributed by atoms with Crippen LogP contribution in [0.1, 0.15) is 0 Å². The van der Waals surface area contributed by atoms with Gasteiger partial charge >= 0.3 is 5.69 Å². The summed E-state index contributed by atoms with van der Waals surface area (Å²) in [5, 5.41) is 12.7. The highest BCUT2D eigenvalue weighted by Gasteiger charge is 2.31. The number of ether oxygens (including phenoxy) is 2. The van der Waals surface area contributed by atoms with E-state index in [1.807, 2.05) is 29.2 Å². The Morgan fingerprint density at radius 3 is 2.32 bits per heavy atom. The summed E-state index contributed by atoms with van der Waals surface area (Å²) < 4.78 is 10.3. The number of halogens is 1. The van der Waals surface area contributed by atoms with Crippen molar-refractivity contribution in [2.24, 2.45) is 0 Å². The van der Waals surface area contributed by atoms with Gasteiger partial charge in [0.05, 0.1) is 18.1 Å². The Morgan fingerprint density at radius 2 is 1.74 bits per heavy atom. The molecule has 0 bridgehead atoms. The van der Waals surface area contributed by atoms with Gasteiger partial charge in [0, 0.05) is 64.2 Å². The second-order valence-corrected chi connectivity index (χ2v) is 7.49. The van der Waals surface area contributed by atoms with Crippen molar-refractivity contribution in [1.82, 2.24) is 9.97 Å². The molecule has 1 aliphatic heterocycles. The fraction of sp³-hybridized carbons (Fsp3) is 0.500. The molecular weight excluding hydrogens is 424 g/mol. The first-order valence-electron chi connectivity index (χ1n) is 10.0. The molecule has 1 aliphatic rings. The van der Waals surface area contributed by atoms with Gasteiger partial charge in [-0.15, -0.1) is 0 Å². The van der Waals surface area contributed by atoms with Crippen LogP contribution in [0.25, 0.3) is 0 Å². The quantitative estimate of drug-likeness (QED) is 0.399. The molecule has 11 heteroatoms. The third kappa shape index (κ3) is 5.72. The monoisotopic (exact) mass is 450 g/mol. The number of nitro groups is 1. The van der Waals surface area contributed by atoms with E-state index >= 15 is 0 Å². The lowest BCUT2D eigenvalue weighted by Crippen LogP contribution is -2.47. The highest BCUT2D eigenvalue weighted by molar-refractivity contribution is 6.30. The summed E-state index contributed by atoms with van der Waals surface area (Å²) in [6, 6.07) is 7.69. The summed E-state index contributed by atoms with van der Waals surface area (Å²) in [7, 11) is 3.18. The van der Waals surface area contributed by atoms with Crippen molar-refractivity contribution in [2.75, 3.05) is 81.4 Å². The zero-order valence-electron chi connectivity index (χ0n) is 17.7. The smallest absolute Gasteiger partial charge is 0.353 e. The zero-order valence-corrected chi connectivity index (χ0v) is 18.5. The van der Waals surface area contributed by atoms with Gasteiger partial charge in [-0.05, 0) is 18.2 Å². The molecule has 31 heavy (non-hydrogen) atoms. The Hall–Kier alpha value is -2.69. The molecule has 0 atom stereocenters. The maximum atomic E-state index is 12.0. The van der Waals surface area contributed by atoms with Crippen LogP contribution < -0.4 is 14.7 Å². The van der Waals surface area contributed by atoms with Crippen LogP contribution >= 0.6 is 11.6 Å². The molecule has 0 amide bonds. The van der Waals surface area contributed by atoms with Crippen LogP contribution in [0.3, 0.4) is 0 Å². The van der Waals surface area contributed by atoms with Gasteiger partial charge in [-0.2, -0.15) is 0 Å². The van der Waals surface area contributed by atoms with Crippen molar-refractivity contribution in [3.63, 3.8) is 0 Å². The predicted molar refractivity (Wildman–Crippen MR) is 121 cm³/mol. The number of aromatic nitrogens is 2. The van der Waals surface area contributed by atoms with E-state index in [0.29, 0.717) is 63.3 Å². The van der Waals surface area contributed by atoms with Crippen LogP contribution in [-0.4, -0.2) is 81.6 Å². The predicted octanol–water partition coefficient (Wildman–Crippen LogP) is 2.46. The fourth-order valence-electron chi connectivity index (χ4n) is 3.56. The van der Waals surface area contributed by atoms with Gasteiger partial charge in [-0.3, -0.25) is 10.1 Å². The maximum absolute atomic E-state index is 12.0. The van der Waals surface area contributed by atoms with Gasteiger partial charge in [0.25, 0.3) is 0 Å². The van der Waals surface area contributed by atoms with Crippen LogP contribution in [0.5, 0.6) is 0 Å². The number of methoxy groups -OCH3 is 2. The zero-order chi connectivity index (χ0) is 22.2. The number of hydrogen-bond donors (Lipinski definition) is 0. The van der Waals surface area contributed by atoms with E-state index in [2.05, 4.69) is 14.9 Å². The molecule has 168 valence electrons. The van der Waals surface area contributed by atoms with E-state index in [1.54, 1.807) is 19.1 Å². The lowest BCUT2D eigenvalue weighted by Gasteiger charge is -2.36. The van der Waals surface area contributed by atoms with Crippen LogP contribution in [0.2, 0.25) is 5.02 Å². The molecule has 1 aromatic heterocycles. The van der Waals surface area contributed by atoms with Gasteiger partial charge in [-0.1, -0.05) is 17.7 Å². The third-order valence-corrected chi connectivity index (χ3v) is 5.38. The molecule has 2 aromatic rings. The molecule has 0 aliphatic carbocycles. The lowest BCUT2D eigenvalue weighted by atomic mass is 10.2. The van der Waals surface area contributed by atoms with Gasteiger partial charge in [-0.25, -0.2) is 9.97 Å². The number of benzene rings is 1. The molecule has 0 spiro atoms. The van der Waals surface area contributed by atoms with Crippen molar-refractivity contribution in [1.29, 1.82) is 0 Å². The summed E-state index contributed by atoms with van der Waals surface area (Å²) in [5.41, 5.74) is 0.946. The Bertz CT molecular complexity index is 870. The minimum absolute atomic E-state index is 0.0917. The second kappa shape index (κ2) is 11.1. The molecule has 10 nitrogen and oxygen atoms in total. The molecule has 0 saturated carbocycles. The van der Waals surface area contributed by atoms with Gasteiger partial charge < -0.3 is 24.2 Å². The van der Waals surface area contributed by atoms with Crippen LogP contribution in [-0.2, 0) is 9.47 Å². The Labute approximate surface area is 186 Å². The largest absolute Gasteiger partial charge is 0.383 e. The van der Waals surface area contributed by atoms with Crippen molar-refractivity contribution in [2.45, 2.75) is 0 Å². The minimum Gasteiger partial charge on any atom is -0.383 e. The van der Waals surface area contributed by atoms with Crippen LogP contribution in [0.15, 0.2) is 30.6 Å². The molecule has 2 heterocycles. The maximum Gasteiger partial charge on any atom is 0.353 e. The fourth-order valence-corrected chi connectivity index (χ4v) is 3.75. The van der Waals surface area contributed by atoms with Gasteiger partial charge in [0.1, 0.15) is 6.33 Å². The van der Waals surface area contributed by atoms with Gasteiger partial charge in [0.15, 0.2) is 0 Å². The number of rotatable bonds is 10. The lowest BCUT2D eigenvalue weighted by molar-refractivity contribution is -0.383. The number of nitrogens with zero attached hydrogens (tertiary/aromatic N) is 6. The summed E-state index contributed by atoms with van der Waals surface area (Å²) in [4.78, 5) is 26.1. The van der Waals surface area contributed by atoms with E-state index in [9.17, 15) is 10.1 Å². The number of piperazine rings is 1. The molecule has 1 saturated heterocycles. The van der Waals surface area contributed by atoms with Crippen molar-refractivity contribution < 1.29 is 14.4 Å². The first-order chi connectivity index (χ1) is 15.0. The molecule has 0 N–H and O–H groups in total. The topological polar surface area (TPSA) is 97.1 Å². The Morgan fingerprint density at radius 1 is 1.10 bits per heavy atom.